The van der Waals surface area contributed by atoms with Gasteiger partial charge in [0.1, 0.15) is 12.0 Å². The summed E-state index contributed by atoms with van der Waals surface area (Å²) in [5, 5.41) is 3.85. The highest BCUT2D eigenvalue weighted by Crippen LogP contribution is 2.18. The molecule has 0 spiro atoms. The van der Waals surface area contributed by atoms with Crippen molar-refractivity contribution < 1.29 is 4.84 Å². The molecule has 0 saturated heterocycles. The molecule has 0 heterocycles. The van der Waals surface area contributed by atoms with Gasteiger partial charge >= 0.3 is 0 Å². The summed E-state index contributed by atoms with van der Waals surface area (Å²) >= 11 is 0. The Bertz CT molecular complexity index is 354. The van der Waals surface area contributed by atoms with Crippen LogP contribution in [0, 0.1) is 0 Å². The molecule has 1 radical (unpaired) electrons. The first kappa shape index (κ1) is 9.97. The topological polar surface area (TPSA) is 21.6 Å². The number of hydrogen-bond donors (Lipinski definition) is 0. The van der Waals surface area contributed by atoms with Crippen molar-refractivity contribution in [1.82, 2.24) is 0 Å². The summed E-state index contributed by atoms with van der Waals surface area (Å²) < 4.78 is 0. The van der Waals surface area contributed by atoms with Crippen molar-refractivity contribution in [3.8, 4) is 0 Å². The Labute approximate surface area is 90.3 Å². The van der Waals surface area contributed by atoms with Gasteiger partial charge in [-0.3, -0.25) is 0 Å². The summed E-state index contributed by atoms with van der Waals surface area (Å²) in [5.41, 5.74) is 0.939. The molecule has 0 N–H and O–H groups in total. The van der Waals surface area contributed by atoms with Crippen molar-refractivity contribution in [2.45, 2.75) is 25.7 Å². The molecule has 1 aliphatic rings. The van der Waals surface area contributed by atoms with Gasteiger partial charge in [0.25, 0.3) is 0 Å². The SMILES string of the molecule is [C](=NOC1=CCCCC1)c1ccccc1. The van der Waals surface area contributed by atoms with Crippen LogP contribution in [-0.2, 0) is 4.84 Å². The lowest BCUT2D eigenvalue weighted by atomic mass is 10.1. The predicted octanol–water partition coefficient (Wildman–Crippen LogP) is 3.37. The Kier molecular flexibility index (Phi) is 3.55. The molecular formula is C13H14NO. The van der Waals surface area contributed by atoms with Crippen LogP contribution >= 0.6 is 0 Å². The molecule has 77 valence electrons. The number of benzene rings is 1. The van der Waals surface area contributed by atoms with Crippen molar-refractivity contribution in [1.29, 1.82) is 0 Å². The van der Waals surface area contributed by atoms with Gasteiger partial charge in [-0.1, -0.05) is 35.5 Å². The maximum Gasteiger partial charge on any atom is 0.140 e. The van der Waals surface area contributed by atoms with Crippen LogP contribution in [0.25, 0.3) is 0 Å². The van der Waals surface area contributed by atoms with Gasteiger partial charge in [-0.05, 0) is 25.3 Å². The van der Waals surface area contributed by atoms with Gasteiger partial charge in [-0.2, -0.15) is 0 Å². The molecule has 2 nitrogen and oxygen atoms in total. The van der Waals surface area contributed by atoms with Crippen molar-refractivity contribution in [3.63, 3.8) is 0 Å². The molecule has 2 heteroatoms. The standard InChI is InChI=1S/C13H14NO/c1-3-7-12(8-4-1)11-14-15-13-9-5-2-6-10-13/h1,3-4,7-9H,2,5-6,10H2. The average Bonchev–Trinajstić information content (AvgIpc) is 2.32. The van der Waals surface area contributed by atoms with E-state index in [0.717, 1.165) is 24.2 Å². The van der Waals surface area contributed by atoms with Crippen LogP contribution in [-0.4, -0.2) is 6.21 Å². The normalized spacial score (nSPS) is 16.4. The molecular weight excluding hydrogens is 186 g/mol. The monoisotopic (exact) mass is 200 g/mol. The summed E-state index contributed by atoms with van der Waals surface area (Å²) in [5.74, 6) is 0.977. The molecule has 0 bridgehead atoms. The van der Waals surface area contributed by atoms with Gasteiger partial charge in [-0.25, -0.2) is 0 Å². The number of nitrogens with zero attached hydrogens (tertiary/aromatic N) is 1. The minimum Gasteiger partial charge on any atom is -0.361 e. The van der Waals surface area contributed by atoms with Crippen LogP contribution in [0.4, 0.5) is 0 Å². The van der Waals surface area contributed by atoms with Crippen LogP contribution in [0.2, 0.25) is 0 Å². The molecule has 0 unspecified atom stereocenters. The lowest BCUT2D eigenvalue weighted by Gasteiger charge is -2.08. The van der Waals surface area contributed by atoms with Crippen molar-refractivity contribution >= 4 is 6.21 Å². The first-order chi connectivity index (χ1) is 7.45. The fourth-order valence-corrected chi connectivity index (χ4v) is 1.54. The summed E-state index contributed by atoms with van der Waals surface area (Å²) in [7, 11) is 0. The molecule has 15 heavy (non-hydrogen) atoms. The highest BCUT2D eigenvalue weighted by atomic mass is 16.6. The minimum atomic E-state index is 0.939. The molecule has 1 aliphatic carbocycles. The number of hydrogen-bond acceptors (Lipinski definition) is 2. The second kappa shape index (κ2) is 5.35. The third-order valence-corrected chi connectivity index (χ3v) is 2.36. The van der Waals surface area contributed by atoms with Crippen molar-refractivity contribution in [2.24, 2.45) is 5.16 Å². The fourth-order valence-electron chi connectivity index (χ4n) is 1.54. The van der Waals surface area contributed by atoms with Crippen LogP contribution in [0.15, 0.2) is 47.3 Å². The Hall–Kier alpha value is -1.57. The molecule has 0 fully saturated rings. The Morgan fingerprint density at radius 3 is 2.73 bits per heavy atom. The Balaban J connectivity index is 1.87. The van der Waals surface area contributed by atoms with E-state index < -0.39 is 0 Å². The molecule has 0 aromatic heterocycles. The largest absolute Gasteiger partial charge is 0.361 e. The zero-order chi connectivity index (χ0) is 10.3. The van der Waals surface area contributed by atoms with E-state index in [2.05, 4.69) is 17.4 Å². The van der Waals surface area contributed by atoms with Gasteiger partial charge in [0.2, 0.25) is 0 Å². The van der Waals surface area contributed by atoms with E-state index in [0.29, 0.717) is 0 Å². The molecule has 1 aromatic carbocycles. The van der Waals surface area contributed by atoms with Crippen LogP contribution in [0.5, 0.6) is 0 Å². The smallest absolute Gasteiger partial charge is 0.140 e. The second-order valence-electron chi connectivity index (χ2n) is 3.58. The molecule has 0 atom stereocenters. The van der Waals surface area contributed by atoms with E-state index >= 15 is 0 Å². The van der Waals surface area contributed by atoms with Gasteiger partial charge < -0.3 is 4.84 Å². The Morgan fingerprint density at radius 2 is 2.00 bits per heavy atom. The summed E-state index contributed by atoms with van der Waals surface area (Å²) in [6, 6.07) is 9.77. The molecule has 0 amide bonds. The third-order valence-electron chi connectivity index (χ3n) is 2.36. The van der Waals surface area contributed by atoms with E-state index in [-0.39, 0.29) is 0 Å². The van der Waals surface area contributed by atoms with Gasteiger partial charge in [0, 0.05) is 12.0 Å². The van der Waals surface area contributed by atoms with E-state index in [1.165, 1.54) is 12.8 Å². The average molecular weight is 200 g/mol. The molecule has 2 rings (SSSR count). The quantitative estimate of drug-likeness (QED) is 0.541. The maximum absolute atomic E-state index is 5.26. The summed E-state index contributed by atoms with van der Waals surface area (Å²) in [4.78, 5) is 5.26. The van der Waals surface area contributed by atoms with E-state index in [4.69, 9.17) is 4.84 Å². The van der Waals surface area contributed by atoms with Gasteiger partial charge in [0.15, 0.2) is 0 Å². The summed E-state index contributed by atoms with van der Waals surface area (Å²) in [6.07, 6.45) is 9.54. The lowest BCUT2D eigenvalue weighted by Crippen LogP contribution is -1.93. The number of rotatable bonds is 3. The van der Waals surface area contributed by atoms with Gasteiger partial charge in [0.05, 0.1) is 0 Å². The zero-order valence-electron chi connectivity index (χ0n) is 8.65. The highest BCUT2D eigenvalue weighted by molar-refractivity contribution is 5.78. The second-order valence-corrected chi connectivity index (χ2v) is 3.58. The first-order valence-electron chi connectivity index (χ1n) is 5.32. The fraction of sp³-hybridized carbons (Fsp3) is 0.308. The molecule has 0 aliphatic heterocycles. The van der Waals surface area contributed by atoms with E-state index in [1.54, 1.807) is 0 Å². The van der Waals surface area contributed by atoms with E-state index in [9.17, 15) is 0 Å². The van der Waals surface area contributed by atoms with Crippen LogP contribution in [0.1, 0.15) is 31.2 Å². The predicted molar refractivity (Wildman–Crippen MR) is 60.6 cm³/mol. The van der Waals surface area contributed by atoms with Crippen molar-refractivity contribution in [2.75, 3.05) is 0 Å². The van der Waals surface area contributed by atoms with E-state index in [1.807, 2.05) is 30.3 Å². The first-order valence-corrected chi connectivity index (χ1v) is 5.32. The zero-order valence-corrected chi connectivity index (χ0v) is 8.65. The molecule has 0 saturated carbocycles. The molecule has 1 aromatic rings. The van der Waals surface area contributed by atoms with Crippen LogP contribution < -0.4 is 0 Å². The third kappa shape index (κ3) is 3.24. The van der Waals surface area contributed by atoms with Crippen LogP contribution in [0.3, 0.4) is 0 Å². The van der Waals surface area contributed by atoms with Gasteiger partial charge in [-0.15, -0.1) is 0 Å². The van der Waals surface area contributed by atoms with Crippen molar-refractivity contribution in [3.05, 3.63) is 47.7 Å². The lowest BCUT2D eigenvalue weighted by molar-refractivity contribution is 0.210. The maximum atomic E-state index is 5.26. The summed E-state index contributed by atoms with van der Waals surface area (Å²) in [6.45, 7) is 0. The minimum absolute atomic E-state index is 0.939. The Morgan fingerprint density at radius 1 is 1.13 bits per heavy atom. The number of allylic oxidation sites excluding steroid dienone is 2. The highest BCUT2D eigenvalue weighted by Gasteiger charge is 2.03.